The van der Waals surface area contributed by atoms with Gasteiger partial charge in [0.25, 0.3) is 0 Å². The maximum absolute atomic E-state index is 5.02. The number of ether oxygens (including phenoxy) is 1. The zero-order valence-electron chi connectivity index (χ0n) is 12.1. The summed E-state index contributed by atoms with van der Waals surface area (Å²) in [4.78, 5) is 8.69. The predicted octanol–water partition coefficient (Wildman–Crippen LogP) is 2.11. The first kappa shape index (κ1) is 14.6. The van der Waals surface area contributed by atoms with Crippen LogP contribution in [0.4, 0.5) is 10.8 Å². The van der Waals surface area contributed by atoms with E-state index < -0.39 is 0 Å². The van der Waals surface area contributed by atoms with E-state index in [-0.39, 0.29) is 0 Å². The number of aromatic nitrogens is 5. The predicted molar refractivity (Wildman–Crippen MR) is 84.3 cm³/mol. The third kappa shape index (κ3) is 3.86. The van der Waals surface area contributed by atoms with Crippen molar-refractivity contribution in [2.24, 2.45) is 0 Å². The molecule has 0 aromatic carbocycles. The molecule has 7 nitrogen and oxygen atoms in total. The summed E-state index contributed by atoms with van der Waals surface area (Å²) in [6, 6.07) is 5.84. The van der Waals surface area contributed by atoms with Crippen LogP contribution >= 0.6 is 11.5 Å². The average molecular weight is 316 g/mol. The van der Waals surface area contributed by atoms with Gasteiger partial charge in [0.1, 0.15) is 5.82 Å². The van der Waals surface area contributed by atoms with Crippen molar-refractivity contribution < 1.29 is 4.74 Å². The van der Waals surface area contributed by atoms with Gasteiger partial charge in [0.2, 0.25) is 5.13 Å². The zero-order valence-corrected chi connectivity index (χ0v) is 13.0. The zero-order chi connectivity index (χ0) is 15.2. The molecular weight excluding hydrogens is 300 g/mol. The van der Waals surface area contributed by atoms with Gasteiger partial charge in [0, 0.05) is 37.5 Å². The van der Waals surface area contributed by atoms with Crippen molar-refractivity contribution in [2.45, 2.75) is 13.0 Å². The minimum Gasteiger partial charge on any atom is -0.384 e. The summed E-state index contributed by atoms with van der Waals surface area (Å²) in [7, 11) is 1.67. The molecule has 0 aliphatic rings. The average Bonchev–Trinajstić information content (AvgIpc) is 3.16. The molecular formula is C14H16N6OS. The van der Waals surface area contributed by atoms with Crippen molar-refractivity contribution in [1.29, 1.82) is 0 Å². The second-order valence-electron chi connectivity index (χ2n) is 4.63. The highest BCUT2D eigenvalue weighted by Crippen LogP contribution is 2.18. The summed E-state index contributed by atoms with van der Waals surface area (Å²) in [6.07, 6.45) is 6.18. The number of nitrogens with one attached hydrogen (secondary N) is 1. The highest BCUT2D eigenvalue weighted by molar-refractivity contribution is 7.09. The Kier molecular flexibility index (Phi) is 4.71. The molecule has 0 bridgehead atoms. The van der Waals surface area contributed by atoms with Gasteiger partial charge in [-0.3, -0.25) is 9.67 Å². The van der Waals surface area contributed by atoms with Crippen molar-refractivity contribution in [2.75, 3.05) is 19.0 Å². The third-order valence-electron chi connectivity index (χ3n) is 2.93. The molecule has 0 radical (unpaired) electrons. The Hall–Kier alpha value is -2.32. The van der Waals surface area contributed by atoms with Crippen LogP contribution in [0.15, 0.2) is 36.8 Å². The number of nitrogens with zero attached hydrogens (tertiary/aromatic N) is 5. The Morgan fingerprint density at radius 3 is 3.14 bits per heavy atom. The van der Waals surface area contributed by atoms with Gasteiger partial charge in [-0.25, -0.2) is 4.98 Å². The van der Waals surface area contributed by atoms with Gasteiger partial charge < -0.3 is 10.1 Å². The molecule has 1 N–H and O–H groups in total. The quantitative estimate of drug-likeness (QED) is 0.719. The lowest BCUT2D eigenvalue weighted by Crippen LogP contribution is -2.01. The number of rotatable bonds is 7. The molecule has 0 atom stereocenters. The molecule has 0 amide bonds. The van der Waals surface area contributed by atoms with Crippen LogP contribution in [0.1, 0.15) is 11.5 Å². The monoisotopic (exact) mass is 316 g/mol. The van der Waals surface area contributed by atoms with Crippen molar-refractivity contribution in [3.8, 4) is 0 Å². The van der Waals surface area contributed by atoms with Gasteiger partial charge in [-0.1, -0.05) is 6.07 Å². The van der Waals surface area contributed by atoms with E-state index in [4.69, 9.17) is 4.74 Å². The van der Waals surface area contributed by atoms with E-state index in [0.29, 0.717) is 19.6 Å². The molecule has 114 valence electrons. The number of pyridine rings is 1. The number of anilines is 2. The standard InChI is InChI=1S/C14H16N6OS/c1-21-7-5-13-18-14(22-19-13)17-12-8-16-20(10-12)9-11-4-2-3-6-15-11/h2-4,6,8,10H,5,7,9H2,1H3,(H,17,18,19). The first-order valence-corrected chi connectivity index (χ1v) is 7.62. The van der Waals surface area contributed by atoms with Crippen LogP contribution in [-0.2, 0) is 17.7 Å². The van der Waals surface area contributed by atoms with Crippen LogP contribution in [0.5, 0.6) is 0 Å². The Bertz CT molecular complexity index is 711. The van der Waals surface area contributed by atoms with E-state index in [1.54, 1.807) is 19.5 Å². The number of methoxy groups -OCH3 is 1. The highest BCUT2D eigenvalue weighted by Gasteiger charge is 2.06. The summed E-state index contributed by atoms with van der Waals surface area (Å²) in [5.41, 5.74) is 1.85. The molecule has 0 saturated carbocycles. The normalized spacial score (nSPS) is 10.8. The molecule has 3 aromatic rings. The second-order valence-corrected chi connectivity index (χ2v) is 5.38. The van der Waals surface area contributed by atoms with Gasteiger partial charge in [0.05, 0.1) is 30.7 Å². The third-order valence-corrected chi connectivity index (χ3v) is 3.60. The Balaban J connectivity index is 1.60. The van der Waals surface area contributed by atoms with Gasteiger partial charge in [-0.05, 0) is 12.1 Å². The first-order chi connectivity index (χ1) is 10.8. The smallest absolute Gasteiger partial charge is 0.207 e. The lowest BCUT2D eigenvalue weighted by Gasteiger charge is -2.00. The lowest BCUT2D eigenvalue weighted by atomic mass is 10.3. The SMILES string of the molecule is COCCc1nsc(Nc2cnn(Cc3ccccn3)c2)n1. The first-order valence-electron chi connectivity index (χ1n) is 6.84. The van der Waals surface area contributed by atoms with Crippen LogP contribution in [0.2, 0.25) is 0 Å². The van der Waals surface area contributed by atoms with Crippen LogP contribution < -0.4 is 5.32 Å². The van der Waals surface area contributed by atoms with E-state index in [1.165, 1.54) is 11.5 Å². The van der Waals surface area contributed by atoms with Crippen molar-refractivity contribution in [3.05, 3.63) is 48.3 Å². The Morgan fingerprint density at radius 1 is 1.36 bits per heavy atom. The summed E-state index contributed by atoms with van der Waals surface area (Å²) in [5.74, 6) is 0.787. The topological polar surface area (TPSA) is 77.8 Å². The van der Waals surface area contributed by atoms with Crippen molar-refractivity contribution in [1.82, 2.24) is 24.1 Å². The van der Waals surface area contributed by atoms with Gasteiger partial charge in [0.15, 0.2) is 0 Å². The fourth-order valence-corrected chi connectivity index (χ4v) is 2.53. The maximum Gasteiger partial charge on any atom is 0.207 e. The van der Waals surface area contributed by atoms with Crippen LogP contribution in [0, 0.1) is 0 Å². The summed E-state index contributed by atoms with van der Waals surface area (Å²) >= 11 is 1.33. The van der Waals surface area contributed by atoms with E-state index in [2.05, 4.69) is 24.8 Å². The minimum absolute atomic E-state index is 0.623. The van der Waals surface area contributed by atoms with E-state index in [9.17, 15) is 0 Å². The maximum atomic E-state index is 5.02. The van der Waals surface area contributed by atoms with Gasteiger partial charge in [-0.15, -0.1) is 0 Å². The summed E-state index contributed by atoms with van der Waals surface area (Å²) in [6.45, 7) is 1.26. The fraction of sp³-hybridized carbons (Fsp3) is 0.286. The minimum atomic E-state index is 0.623. The van der Waals surface area contributed by atoms with Gasteiger partial charge >= 0.3 is 0 Å². The molecule has 22 heavy (non-hydrogen) atoms. The molecule has 3 rings (SSSR count). The van der Waals surface area contributed by atoms with E-state index in [0.717, 1.165) is 22.3 Å². The molecule has 0 unspecified atom stereocenters. The molecule has 3 aromatic heterocycles. The lowest BCUT2D eigenvalue weighted by molar-refractivity contribution is 0.201. The second kappa shape index (κ2) is 7.10. The van der Waals surface area contributed by atoms with Gasteiger partial charge in [-0.2, -0.15) is 9.47 Å². The van der Waals surface area contributed by atoms with Crippen LogP contribution in [0.3, 0.4) is 0 Å². The molecule has 0 saturated heterocycles. The number of hydrogen-bond donors (Lipinski definition) is 1. The number of hydrogen-bond acceptors (Lipinski definition) is 7. The van der Waals surface area contributed by atoms with Crippen LogP contribution in [0.25, 0.3) is 0 Å². The molecule has 8 heteroatoms. The molecule has 0 aliphatic heterocycles. The Labute approximate surface area is 132 Å². The summed E-state index contributed by atoms with van der Waals surface area (Å²) < 4.78 is 11.1. The van der Waals surface area contributed by atoms with Crippen molar-refractivity contribution in [3.63, 3.8) is 0 Å². The largest absolute Gasteiger partial charge is 0.384 e. The molecule has 0 spiro atoms. The summed E-state index contributed by atoms with van der Waals surface area (Å²) in [5, 5.41) is 8.28. The Morgan fingerprint density at radius 2 is 2.32 bits per heavy atom. The molecule has 3 heterocycles. The molecule has 0 fully saturated rings. The fourth-order valence-electron chi connectivity index (χ4n) is 1.90. The highest BCUT2D eigenvalue weighted by atomic mass is 32.1. The van der Waals surface area contributed by atoms with Crippen LogP contribution in [-0.4, -0.2) is 37.8 Å². The van der Waals surface area contributed by atoms with E-state index >= 15 is 0 Å². The van der Waals surface area contributed by atoms with E-state index in [1.807, 2.05) is 29.1 Å². The van der Waals surface area contributed by atoms with Crippen molar-refractivity contribution >= 4 is 22.4 Å². The molecule has 0 aliphatic carbocycles.